The molecular formula is C18H28O5. The molecular weight excluding hydrogens is 296 g/mol. The van der Waals surface area contributed by atoms with E-state index >= 15 is 0 Å². The van der Waals surface area contributed by atoms with Gasteiger partial charge in [0, 0.05) is 12.3 Å². The Labute approximate surface area is 138 Å². The fraction of sp³-hybridized carbons (Fsp3) is 0.722. The Kier molecular flexibility index (Phi) is 8.00. The highest BCUT2D eigenvalue weighted by molar-refractivity contribution is 6.04. The average molecular weight is 324 g/mol. The zero-order chi connectivity index (χ0) is 17.3. The Hall–Kier alpha value is -1.65. The molecule has 1 unspecified atom stereocenters. The molecule has 5 nitrogen and oxygen atoms in total. The predicted molar refractivity (Wildman–Crippen MR) is 86.7 cm³/mol. The van der Waals surface area contributed by atoms with Crippen LogP contribution >= 0.6 is 0 Å². The third kappa shape index (κ3) is 5.19. The zero-order valence-corrected chi connectivity index (χ0v) is 14.4. The molecule has 1 aliphatic rings. The van der Waals surface area contributed by atoms with E-state index in [0.717, 1.165) is 25.7 Å². The van der Waals surface area contributed by atoms with E-state index in [9.17, 15) is 14.4 Å². The highest BCUT2D eigenvalue weighted by Gasteiger charge is 2.67. The van der Waals surface area contributed by atoms with Gasteiger partial charge in [-0.25, -0.2) is 0 Å². The van der Waals surface area contributed by atoms with Crippen LogP contribution < -0.4 is 0 Å². The van der Waals surface area contributed by atoms with Crippen LogP contribution in [0, 0.1) is 11.3 Å². The molecule has 0 aliphatic heterocycles. The van der Waals surface area contributed by atoms with Gasteiger partial charge < -0.3 is 9.47 Å². The van der Waals surface area contributed by atoms with E-state index in [4.69, 9.17) is 9.47 Å². The van der Waals surface area contributed by atoms with Crippen molar-refractivity contribution in [2.45, 2.75) is 59.3 Å². The Morgan fingerprint density at radius 3 is 2.13 bits per heavy atom. The Morgan fingerprint density at radius 1 is 1.00 bits per heavy atom. The number of rotatable bonds is 11. The summed E-state index contributed by atoms with van der Waals surface area (Å²) in [5.41, 5.74) is -1.25. The molecule has 0 bridgehead atoms. The Morgan fingerprint density at radius 2 is 1.61 bits per heavy atom. The molecule has 1 rings (SSSR count). The quantitative estimate of drug-likeness (QED) is 0.253. The first kappa shape index (κ1) is 19.4. The lowest BCUT2D eigenvalue weighted by atomic mass is 10.0. The van der Waals surface area contributed by atoms with Gasteiger partial charge in [0.2, 0.25) is 0 Å². The van der Waals surface area contributed by atoms with Crippen LogP contribution in [0.1, 0.15) is 59.3 Å². The molecule has 0 aromatic heterocycles. The van der Waals surface area contributed by atoms with Crippen LogP contribution in [-0.2, 0) is 23.9 Å². The SMILES string of the molecule is CCCCCCC(=O)C=CC1CC1(C(=O)OCC)C(=O)OCC. The van der Waals surface area contributed by atoms with Gasteiger partial charge in [0.15, 0.2) is 11.2 Å². The molecule has 0 aromatic carbocycles. The second kappa shape index (κ2) is 9.48. The van der Waals surface area contributed by atoms with Crippen LogP contribution in [0.15, 0.2) is 12.2 Å². The van der Waals surface area contributed by atoms with Gasteiger partial charge in [-0.3, -0.25) is 14.4 Å². The number of ether oxygens (including phenoxy) is 2. The normalized spacial score (nSPS) is 18.7. The van der Waals surface area contributed by atoms with E-state index in [2.05, 4.69) is 6.92 Å². The Bertz CT molecular complexity index is 434. The van der Waals surface area contributed by atoms with Gasteiger partial charge in [0.25, 0.3) is 0 Å². The van der Waals surface area contributed by atoms with Crippen molar-refractivity contribution >= 4 is 17.7 Å². The topological polar surface area (TPSA) is 69.7 Å². The summed E-state index contributed by atoms with van der Waals surface area (Å²) in [6.07, 6.45) is 8.21. The minimum Gasteiger partial charge on any atom is -0.465 e. The van der Waals surface area contributed by atoms with E-state index < -0.39 is 17.4 Å². The highest BCUT2D eigenvalue weighted by atomic mass is 16.6. The molecule has 1 atom stereocenters. The molecule has 1 aliphatic carbocycles. The van der Waals surface area contributed by atoms with Gasteiger partial charge >= 0.3 is 11.9 Å². The summed E-state index contributed by atoms with van der Waals surface area (Å²) in [4.78, 5) is 36.0. The minimum atomic E-state index is -1.25. The summed E-state index contributed by atoms with van der Waals surface area (Å²) < 4.78 is 10.0. The van der Waals surface area contributed by atoms with Crippen LogP contribution in [-0.4, -0.2) is 30.9 Å². The molecule has 1 saturated carbocycles. The van der Waals surface area contributed by atoms with Crippen molar-refractivity contribution in [2.75, 3.05) is 13.2 Å². The third-order valence-electron chi connectivity index (χ3n) is 4.09. The van der Waals surface area contributed by atoms with Gasteiger partial charge in [0.05, 0.1) is 13.2 Å². The number of esters is 2. The fourth-order valence-electron chi connectivity index (χ4n) is 2.63. The second-order valence-electron chi connectivity index (χ2n) is 5.86. The van der Waals surface area contributed by atoms with Crippen LogP contribution in [0.4, 0.5) is 0 Å². The Balaban J connectivity index is 2.59. The monoisotopic (exact) mass is 324 g/mol. The molecule has 0 aromatic rings. The smallest absolute Gasteiger partial charge is 0.324 e. The zero-order valence-electron chi connectivity index (χ0n) is 14.4. The standard InChI is InChI=1S/C18H28O5/c1-4-7-8-9-10-15(19)12-11-14-13-18(14,16(20)22-5-2)17(21)23-6-3/h11-12,14H,4-10,13H2,1-3H3. The van der Waals surface area contributed by atoms with Gasteiger partial charge in [-0.2, -0.15) is 0 Å². The maximum absolute atomic E-state index is 12.1. The van der Waals surface area contributed by atoms with E-state index in [0.29, 0.717) is 12.8 Å². The van der Waals surface area contributed by atoms with Gasteiger partial charge in [0.1, 0.15) is 0 Å². The molecule has 1 fully saturated rings. The van der Waals surface area contributed by atoms with Gasteiger partial charge in [-0.05, 0) is 32.8 Å². The lowest BCUT2D eigenvalue weighted by Gasteiger charge is -2.13. The number of allylic oxidation sites excluding steroid dienone is 2. The van der Waals surface area contributed by atoms with E-state index in [-0.39, 0.29) is 24.9 Å². The number of carbonyl (C=O) groups is 3. The lowest BCUT2D eigenvalue weighted by Crippen LogP contribution is -2.31. The molecule has 0 N–H and O–H groups in total. The van der Waals surface area contributed by atoms with E-state index in [1.165, 1.54) is 6.08 Å². The molecule has 5 heteroatoms. The second-order valence-corrected chi connectivity index (χ2v) is 5.86. The van der Waals surface area contributed by atoms with Crippen LogP contribution in [0.25, 0.3) is 0 Å². The van der Waals surface area contributed by atoms with Crippen LogP contribution in [0.2, 0.25) is 0 Å². The number of ketones is 1. The first-order valence-electron chi connectivity index (χ1n) is 8.58. The van der Waals surface area contributed by atoms with Crippen molar-refractivity contribution in [3.05, 3.63) is 12.2 Å². The average Bonchev–Trinajstić information content (AvgIpc) is 3.26. The van der Waals surface area contributed by atoms with Crippen molar-refractivity contribution in [3.8, 4) is 0 Å². The number of hydrogen-bond donors (Lipinski definition) is 0. The summed E-state index contributed by atoms with van der Waals surface area (Å²) in [6, 6.07) is 0. The van der Waals surface area contributed by atoms with Crippen molar-refractivity contribution in [2.24, 2.45) is 11.3 Å². The van der Waals surface area contributed by atoms with Crippen molar-refractivity contribution in [3.63, 3.8) is 0 Å². The molecule has 0 amide bonds. The number of carbonyl (C=O) groups excluding carboxylic acids is 3. The van der Waals surface area contributed by atoms with Crippen molar-refractivity contribution < 1.29 is 23.9 Å². The fourth-order valence-corrected chi connectivity index (χ4v) is 2.63. The summed E-state index contributed by atoms with van der Waals surface area (Å²) >= 11 is 0. The molecule has 0 heterocycles. The van der Waals surface area contributed by atoms with Gasteiger partial charge in [-0.1, -0.05) is 32.3 Å². The van der Waals surface area contributed by atoms with E-state index in [1.807, 2.05) is 0 Å². The van der Waals surface area contributed by atoms with E-state index in [1.54, 1.807) is 19.9 Å². The third-order valence-corrected chi connectivity index (χ3v) is 4.09. The predicted octanol–water partition coefficient (Wildman–Crippen LogP) is 3.21. The largest absolute Gasteiger partial charge is 0.465 e. The molecule has 0 radical (unpaired) electrons. The number of unbranched alkanes of at least 4 members (excludes halogenated alkanes) is 3. The lowest BCUT2D eigenvalue weighted by molar-refractivity contribution is -0.164. The summed E-state index contributed by atoms with van der Waals surface area (Å²) in [5.74, 6) is -1.37. The molecule has 0 saturated heterocycles. The molecule has 130 valence electrons. The summed E-state index contributed by atoms with van der Waals surface area (Å²) in [5, 5.41) is 0. The first-order chi connectivity index (χ1) is 11.0. The maximum atomic E-state index is 12.1. The van der Waals surface area contributed by atoms with Crippen molar-refractivity contribution in [1.29, 1.82) is 0 Å². The summed E-state index contributed by atoms with van der Waals surface area (Å²) in [6.45, 7) is 5.95. The van der Waals surface area contributed by atoms with Crippen LogP contribution in [0.3, 0.4) is 0 Å². The first-order valence-corrected chi connectivity index (χ1v) is 8.58. The maximum Gasteiger partial charge on any atom is 0.324 e. The number of hydrogen-bond acceptors (Lipinski definition) is 5. The minimum absolute atomic E-state index is 0.0367. The van der Waals surface area contributed by atoms with Crippen LogP contribution in [0.5, 0.6) is 0 Å². The highest BCUT2D eigenvalue weighted by Crippen LogP contribution is 2.55. The van der Waals surface area contributed by atoms with Crippen molar-refractivity contribution in [1.82, 2.24) is 0 Å². The summed E-state index contributed by atoms with van der Waals surface area (Å²) in [7, 11) is 0. The molecule has 0 spiro atoms. The molecule has 23 heavy (non-hydrogen) atoms. The van der Waals surface area contributed by atoms with Gasteiger partial charge in [-0.15, -0.1) is 0 Å².